The van der Waals surface area contributed by atoms with E-state index >= 15 is 0 Å². The first-order valence-electron chi connectivity index (χ1n) is 6.93. The van der Waals surface area contributed by atoms with E-state index in [0.717, 1.165) is 12.5 Å². The van der Waals surface area contributed by atoms with Gasteiger partial charge in [0.05, 0.1) is 5.92 Å². The Balaban J connectivity index is 2.92. The van der Waals surface area contributed by atoms with Gasteiger partial charge in [0.25, 0.3) is 0 Å². The summed E-state index contributed by atoms with van der Waals surface area (Å²) in [5.74, 6) is -1.91. The first kappa shape index (κ1) is 17.1. The number of hydrogen-bond donors (Lipinski definition) is 2. The monoisotopic (exact) mass is 300 g/mol. The Bertz CT molecular complexity index is 496. The number of amides is 1. The molecule has 2 N–H and O–H groups in total. The van der Waals surface area contributed by atoms with Crippen LogP contribution >= 0.6 is 0 Å². The summed E-state index contributed by atoms with van der Waals surface area (Å²) in [5.41, 5.74) is 0. The molecule has 0 saturated carbocycles. The molecule has 1 amide bonds. The quantitative estimate of drug-likeness (QED) is 0.808. The molecule has 5 nitrogen and oxygen atoms in total. The van der Waals surface area contributed by atoms with Crippen molar-refractivity contribution in [2.45, 2.75) is 20.3 Å². The van der Waals surface area contributed by atoms with Crippen LogP contribution in [0, 0.1) is 17.6 Å². The maximum Gasteiger partial charge on any atom is 0.224 e. The zero-order valence-corrected chi connectivity index (χ0v) is 12.8. The summed E-state index contributed by atoms with van der Waals surface area (Å²) in [5, 5.41) is 5.35. The van der Waals surface area contributed by atoms with Crippen LogP contribution in [0.15, 0.2) is 6.07 Å². The molecule has 1 heterocycles. The SMILES string of the molecule is CCCNc1nc(N(C)CC(C)C(=O)NC)c(F)cc1F. The van der Waals surface area contributed by atoms with E-state index in [1.165, 1.54) is 4.90 Å². The van der Waals surface area contributed by atoms with E-state index in [9.17, 15) is 13.6 Å². The molecule has 118 valence electrons. The normalized spacial score (nSPS) is 11.9. The molecule has 1 aromatic heterocycles. The smallest absolute Gasteiger partial charge is 0.224 e. The van der Waals surface area contributed by atoms with E-state index in [1.54, 1.807) is 21.0 Å². The second-order valence-corrected chi connectivity index (χ2v) is 4.95. The lowest BCUT2D eigenvalue weighted by atomic mass is 10.1. The van der Waals surface area contributed by atoms with E-state index in [2.05, 4.69) is 15.6 Å². The van der Waals surface area contributed by atoms with Crippen molar-refractivity contribution in [3.63, 3.8) is 0 Å². The number of rotatable bonds is 7. The lowest BCUT2D eigenvalue weighted by Crippen LogP contribution is -2.35. The molecule has 0 aromatic carbocycles. The number of nitrogens with zero attached hydrogens (tertiary/aromatic N) is 2. The molecular formula is C14H22F2N4O. The predicted molar refractivity (Wildman–Crippen MR) is 79.4 cm³/mol. The van der Waals surface area contributed by atoms with Crippen LogP contribution in [0.2, 0.25) is 0 Å². The number of hydrogen-bond acceptors (Lipinski definition) is 4. The molecule has 0 spiro atoms. The largest absolute Gasteiger partial charge is 0.368 e. The third-order valence-corrected chi connectivity index (χ3v) is 3.06. The van der Waals surface area contributed by atoms with Crippen molar-refractivity contribution in [1.29, 1.82) is 0 Å². The minimum atomic E-state index is -0.749. The van der Waals surface area contributed by atoms with Gasteiger partial charge in [-0.3, -0.25) is 4.79 Å². The topological polar surface area (TPSA) is 57.3 Å². The van der Waals surface area contributed by atoms with E-state index < -0.39 is 11.6 Å². The predicted octanol–water partition coefficient (Wildman–Crippen LogP) is 2.00. The third kappa shape index (κ3) is 4.54. The first-order valence-corrected chi connectivity index (χ1v) is 6.93. The number of anilines is 2. The highest BCUT2D eigenvalue weighted by atomic mass is 19.1. The van der Waals surface area contributed by atoms with Crippen LogP contribution in [0.4, 0.5) is 20.4 Å². The van der Waals surface area contributed by atoms with Crippen LogP contribution in [0.25, 0.3) is 0 Å². The first-order chi connectivity index (χ1) is 9.90. The molecule has 1 rings (SSSR count). The Morgan fingerprint density at radius 1 is 1.43 bits per heavy atom. The molecule has 0 aliphatic carbocycles. The van der Waals surface area contributed by atoms with Crippen molar-refractivity contribution in [3.05, 3.63) is 17.7 Å². The summed E-state index contributed by atoms with van der Waals surface area (Å²) in [6.45, 7) is 4.50. The molecule has 0 bridgehead atoms. The van der Waals surface area contributed by atoms with Gasteiger partial charge in [0.15, 0.2) is 23.3 Å². The lowest BCUT2D eigenvalue weighted by Gasteiger charge is -2.22. The maximum atomic E-state index is 13.9. The minimum absolute atomic E-state index is 0.0192. The summed E-state index contributed by atoms with van der Waals surface area (Å²) in [4.78, 5) is 17.0. The van der Waals surface area contributed by atoms with Gasteiger partial charge in [-0.2, -0.15) is 0 Å². The zero-order chi connectivity index (χ0) is 16.0. The van der Waals surface area contributed by atoms with Gasteiger partial charge in [0, 0.05) is 33.3 Å². The number of carbonyl (C=O) groups is 1. The van der Waals surface area contributed by atoms with E-state index in [1.807, 2.05) is 6.92 Å². The fourth-order valence-corrected chi connectivity index (χ4v) is 1.92. The average molecular weight is 300 g/mol. The maximum absolute atomic E-state index is 13.9. The fraction of sp³-hybridized carbons (Fsp3) is 0.571. The Morgan fingerprint density at radius 3 is 2.67 bits per heavy atom. The zero-order valence-electron chi connectivity index (χ0n) is 12.8. The Morgan fingerprint density at radius 2 is 2.10 bits per heavy atom. The second-order valence-electron chi connectivity index (χ2n) is 4.95. The van der Waals surface area contributed by atoms with Gasteiger partial charge in [0.2, 0.25) is 5.91 Å². The molecule has 0 aliphatic rings. The second kappa shape index (κ2) is 7.75. The van der Waals surface area contributed by atoms with Gasteiger partial charge in [-0.1, -0.05) is 13.8 Å². The van der Waals surface area contributed by atoms with Crippen molar-refractivity contribution in [3.8, 4) is 0 Å². The lowest BCUT2D eigenvalue weighted by molar-refractivity contribution is -0.123. The number of halogens is 2. The Hall–Kier alpha value is -1.92. The van der Waals surface area contributed by atoms with Gasteiger partial charge in [0.1, 0.15) is 0 Å². The highest BCUT2D eigenvalue weighted by molar-refractivity contribution is 5.78. The van der Waals surface area contributed by atoms with Gasteiger partial charge >= 0.3 is 0 Å². The third-order valence-electron chi connectivity index (χ3n) is 3.06. The van der Waals surface area contributed by atoms with Gasteiger partial charge in [-0.25, -0.2) is 13.8 Å². The average Bonchev–Trinajstić information content (AvgIpc) is 2.45. The van der Waals surface area contributed by atoms with E-state index in [0.29, 0.717) is 6.54 Å². The summed E-state index contributed by atoms with van der Waals surface area (Å²) in [6, 6.07) is 0.807. The molecule has 1 aromatic rings. The standard InChI is InChI=1S/C14H22F2N4O/c1-5-6-18-12-10(15)7-11(16)13(19-12)20(4)8-9(2)14(21)17-3/h7,9H,5-6,8H2,1-4H3,(H,17,21)(H,18,19). The number of nitrogens with one attached hydrogen (secondary N) is 2. The van der Waals surface area contributed by atoms with Gasteiger partial charge in [-0.05, 0) is 6.42 Å². The van der Waals surface area contributed by atoms with Crippen LogP contribution in [0.1, 0.15) is 20.3 Å². The van der Waals surface area contributed by atoms with Crippen LogP contribution in [0.3, 0.4) is 0 Å². The molecule has 0 aliphatic heterocycles. The van der Waals surface area contributed by atoms with Crippen LogP contribution in [0.5, 0.6) is 0 Å². The molecular weight excluding hydrogens is 278 g/mol. The summed E-state index contributed by atoms with van der Waals surface area (Å²) in [7, 11) is 3.16. The van der Waals surface area contributed by atoms with E-state index in [-0.39, 0.29) is 30.0 Å². The molecule has 1 atom stereocenters. The number of pyridine rings is 1. The highest BCUT2D eigenvalue weighted by Crippen LogP contribution is 2.22. The summed E-state index contributed by atoms with van der Waals surface area (Å²) in [6.07, 6.45) is 0.803. The number of carbonyl (C=O) groups excluding carboxylic acids is 1. The molecule has 7 heteroatoms. The minimum Gasteiger partial charge on any atom is -0.368 e. The van der Waals surface area contributed by atoms with Gasteiger partial charge in [-0.15, -0.1) is 0 Å². The van der Waals surface area contributed by atoms with E-state index in [4.69, 9.17) is 0 Å². The summed E-state index contributed by atoms with van der Waals surface area (Å²) >= 11 is 0. The van der Waals surface area contributed by atoms with Crippen molar-refractivity contribution >= 4 is 17.5 Å². The fourth-order valence-electron chi connectivity index (χ4n) is 1.92. The van der Waals surface area contributed by atoms with Crippen LogP contribution in [-0.2, 0) is 4.79 Å². The molecule has 0 saturated heterocycles. The number of aromatic nitrogens is 1. The van der Waals surface area contributed by atoms with Crippen molar-refractivity contribution in [2.75, 3.05) is 37.4 Å². The van der Waals surface area contributed by atoms with Crippen molar-refractivity contribution in [2.24, 2.45) is 5.92 Å². The van der Waals surface area contributed by atoms with Crippen LogP contribution in [-0.4, -0.2) is 38.1 Å². The van der Waals surface area contributed by atoms with Gasteiger partial charge < -0.3 is 15.5 Å². The molecule has 0 fully saturated rings. The van der Waals surface area contributed by atoms with Crippen molar-refractivity contribution in [1.82, 2.24) is 10.3 Å². The molecule has 0 radical (unpaired) electrons. The Kier molecular flexibility index (Phi) is 6.33. The summed E-state index contributed by atoms with van der Waals surface area (Å²) < 4.78 is 27.5. The van der Waals surface area contributed by atoms with Crippen LogP contribution < -0.4 is 15.5 Å². The highest BCUT2D eigenvalue weighted by Gasteiger charge is 2.19. The Labute approximate surface area is 123 Å². The molecule has 21 heavy (non-hydrogen) atoms. The molecule has 1 unspecified atom stereocenters. The van der Waals surface area contributed by atoms with Crippen molar-refractivity contribution < 1.29 is 13.6 Å².